The van der Waals surface area contributed by atoms with Crippen LogP contribution in [0.4, 0.5) is 5.13 Å². The highest BCUT2D eigenvalue weighted by atomic mass is 32.2. The first-order valence-electron chi connectivity index (χ1n) is 11.2. The van der Waals surface area contributed by atoms with E-state index in [1.165, 1.54) is 23.5 Å². The third kappa shape index (κ3) is 10.5. The highest BCUT2D eigenvalue weighted by molar-refractivity contribution is 7.90. The third-order valence-corrected chi connectivity index (χ3v) is 8.11. The predicted octanol–water partition coefficient (Wildman–Crippen LogP) is 4.00. The van der Waals surface area contributed by atoms with Gasteiger partial charge < -0.3 is 23.3 Å². The first-order valence-corrected chi connectivity index (χ1v) is 15.9. The van der Waals surface area contributed by atoms with Gasteiger partial charge in [-0.1, -0.05) is 0 Å². The average molecular weight is 565 g/mol. The number of methoxy groups -OCH3 is 1. The molecule has 1 aromatic carbocycles. The van der Waals surface area contributed by atoms with Crippen molar-refractivity contribution in [3.05, 3.63) is 34.8 Å². The van der Waals surface area contributed by atoms with E-state index in [9.17, 15) is 17.8 Å². The molecular formula is C22H33N2O9PS2. The molecule has 1 N–H and O–H groups in total. The maximum atomic E-state index is 13.0. The summed E-state index contributed by atoms with van der Waals surface area (Å²) in [6.45, 7) is 5.99. The van der Waals surface area contributed by atoms with Crippen molar-refractivity contribution in [2.45, 2.75) is 33.0 Å². The number of aromatic nitrogens is 1. The summed E-state index contributed by atoms with van der Waals surface area (Å²) in [5.74, 6) is -0.0167. The second kappa shape index (κ2) is 14.1. The van der Waals surface area contributed by atoms with Crippen LogP contribution in [0.5, 0.6) is 11.5 Å². The van der Waals surface area contributed by atoms with E-state index < -0.39 is 23.3 Å². The van der Waals surface area contributed by atoms with Crippen LogP contribution < -0.4 is 14.8 Å². The van der Waals surface area contributed by atoms with Crippen LogP contribution in [0.1, 0.15) is 36.8 Å². The second-order valence-corrected chi connectivity index (χ2v) is 12.9. The molecule has 1 heterocycles. The fourth-order valence-corrected chi connectivity index (χ4v) is 5.81. The van der Waals surface area contributed by atoms with E-state index in [0.717, 1.165) is 6.26 Å². The summed E-state index contributed by atoms with van der Waals surface area (Å²) in [5, 5.41) is 4.68. The SMILES string of the molecule is CCOP(=O)(Cc1csc(NC(=O)c2cc(OCCS(C)(=O)=O)cc(O[C@@H](C)COC)c2)n1)OCC. The molecule has 0 bridgehead atoms. The zero-order valence-corrected chi connectivity index (χ0v) is 23.5. The zero-order chi connectivity index (χ0) is 26.8. The van der Waals surface area contributed by atoms with Crippen molar-refractivity contribution in [3.8, 4) is 11.5 Å². The van der Waals surface area contributed by atoms with Crippen molar-refractivity contribution >= 4 is 39.8 Å². The number of carbonyl (C=O) groups is 1. The fourth-order valence-electron chi connectivity index (χ4n) is 2.99. The molecule has 14 heteroatoms. The van der Waals surface area contributed by atoms with E-state index >= 15 is 0 Å². The molecule has 202 valence electrons. The van der Waals surface area contributed by atoms with Crippen LogP contribution in [-0.2, 0) is 34.3 Å². The molecule has 1 amide bonds. The minimum absolute atomic E-state index is 0.0138. The van der Waals surface area contributed by atoms with E-state index in [4.69, 9.17) is 23.3 Å². The Labute approximate surface area is 215 Å². The molecule has 2 rings (SSSR count). The standard InChI is InChI=1S/C22H33N2O9PS2/c1-6-31-34(26,32-7-2)14-18-15-35-22(23-18)24-21(25)17-10-19(30-8-9-36(5,27)28)12-20(11-17)33-16(3)13-29-4/h10-12,15-16H,6-9,13-14H2,1-5H3,(H,23,24,25)/t16-/m0/s1. The highest BCUT2D eigenvalue weighted by Gasteiger charge is 2.26. The van der Waals surface area contributed by atoms with Gasteiger partial charge in [-0.2, -0.15) is 0 Å². The average Bonchev–Trinajstić information content (AvgIpc) is 3.19. The number of hydrogen-bond acceptors (Lipinski definition) is 11. The molecule has 0 saturated carbocycles. The van der Waals surface area contributed by atoms with E-state index in [2.05, 4.69) is 10.3 Å². The second-order valence-electron chi connectivity index (χ2n) is 7.76. The van der Waals surface area contributed by atoms with Gasteiger partial charge in [0, 0.05) is 30.4 Å². The Bertz CT molecular complexity index is 1140. The summed E-state index contributed by atoms with van der Waals surface area (Å²) in [5.41, 5.74) is 0.688. The van der Waals surface area contributed by atoms with Crippen LogP contribution in [0.15, 0.2) is 23.6 Å². The smallest absolute Gasteiger partial charge is 0.336 e. The minimum atomic E-state index is -3.33. The number of benzene rings is 1. The highest BCUT2D eigenvalue weighted by Crippen LogP contribution is 2.51. The van der Waals surface area contributed by atoms with Gasteiger partial charge in [0.25, 0.3) is 5.91 Å². The summed E-state index contributed by atoms with van der Waals surface area (Å²) >= 11 is 1.17. The van der Waals surface area contributed by atoms with Crippen molar-refractivity contribution in [2.24, 2.45) is 0 Å². The first kappa shape index (κ1) is 30.2. The number of rotatable bonds is 16. The van der Waals surface area contributed by atoms with E-state index in [0.29, 0.717) is 23.2 Å². The number of anilines is 1. The Balaban J connectivity index is 2.19. The van der Waals surface area contributed by atoms with E-state index in [1.54, 1.807) is 39.3 Å². The first-order chi connectivity index (χ1) is 17.0. The molecule has 0 saturated heterocycles. The van der Waals surface area contributed by atoms with Crippen LogP contribution in [0, 0.1) is 0 Å². The van der Waals surface area contributed by atoms with Crippen LogP contribution in [0.3, 0.4) is 0 Å². The Hall–Kier alpha value is -2.02. The Kier molecular flexibility index (Phi) is 11.8. The Morgan fingerprint density at radius 3 is 2.44 bits per heavy atom. The molecule has 1 aromatic heterocycles. The Morgan fingerprint density at radius 1 is 1.17 bits per heavy atom. The van der Waals surface area contributed by atoms with Crippen molar-refractivity contribution < 1.29 is 41.0 Å². The van der Waals surface area contributed by atoms with E-state index in [-0.39, 0.29) is 49.2 Å². The number of ether oxygens (including phenoxy) is 3. The molecule has 0 unspecified atom stereocenters. The number of thiazole rings is 1. The summed E-state index contributed by atoms with van der Waals surface area (Å²) in [4.78, 5) is 17.3. The lowest BCUT2D eigenvalue weighted by Crippen LogP contribution is -2.19. The number of hydrogen-bond donors (Lipinski definition) is 1. The third-order valence-electron chi connectivity index (χ3n) is 4.38. The number of amides is 1. The summed E-state index contributed by atoms with van der Waals surface area (Å²) in [7, 11) is -4.99. The molecule has 0 aliphatic heterocycles. The fraction of sp³-hybridized carbons (Fsp3) is 0.545. The van der Waals surface area contributed by atoms with Crippen LogP contribution in [0.2, 0.25) is 0 Å². The van der Waals surface area contributed by atoms with Crippen LogP contribution in [-0.4, -0.2) is 71.0 Å². The molecule has 0 aliphatic rings. The topological polar surface area (TPSA) is 139 Å². The molecule has 0 spiro atoms. The Morgan fingerprint density at radius 2 is 1.83 bits per heavy atom. The maximum Gasteiger partial charge on any atom is 0.336 e. The number of nitrogens with zero attached hydrogens (tertiary/aromatic N) is 1. The summed E-state index contributed by atoms with van der Waals surface area (Å²) < 4.78 is 62.7. The monoisotopic (exact) mass is 564 g/mol. The van der Waals surface area contributed by atoms with Crippen molar-refractivity contribution in [2.75, 3.05) is 50.9 Å². The van der Waals surface area contributed by atoms with Crippen molar-refractivity contribution in [3.63, 3.8) is 0 Å². The van der Waals surface area contributed by atoms with Crippen LogP contribution >= 0.6 is 18.9 Å². The van der Waals surface area contributed by atoms with Gasteiger partial charge in [-0.15, -0.1) is 11.3 Å². The molecule has 1 atom stereocenters. The van der Waals surface area contributed by atoms with Gasteiger partial charge in [0.1, 0.15) is 24.2 Å². The molecule has 0 aliphatic carbocycles. The summed E-state index contributed by atoms with van der Waals surface area (Å²) in [6.07, 6.45) is 0.802. The minimum Gasteiger partial charge on any atom is -0.492 e. The van der Waals surface area contributed by atoms with Crippen molar-refractivity contribution in [1.82, 2.24) is 4.98 Å². The van der Waals surface area contributed by atoms with Crippen molar-refractivity contribution in [1.29, 1.82) is 0 Å². The van der Waals surface area contributed by atoms with Gasteiger partial charge in [-0.05, 0) is 32.9 Å². The molecule has 36 heavy (non-hydrogen) atoms. The lowest BCUT2D eigenvalue weighted by molar-refractivity contribution is 0.0915. The molecule has 0 radical (unpaired) electrons. The van der Waals surface area contributed by atoms with Gasteiger partial charge in [-0.3, -0.25) is 14.7 Å². The lowest BCUT2D eigenvalue weighted by Gasteiger charge is -2.16. The van der Waals surface area contributed by atoms with Gasteiger partial charge in [0.2, 0.25) is 0 Å². The molecule has 11 nitrogen and oxygen atoms in total. The summed E-state index contributed by atoms with van der Waals surface area (Å²) in [6, 6.07) is 4.60. The van der Waals surface area contributed by atoms with Gasteiger partial charge in [0.05, 0.1) is 37.4 Å². The predicted molar refractivity (Wildman–Crippen MR) is 138 cm³/mol. The normalized spacial score (nSPS) is 12.8. The number of sulfone groups is 1. The van der Waals surface area contributed by atoms with Crippen LogP contribution in [0.25, 0.3) is 0 Å². The van der Waals surface area contributed by atoms with Gasteiger partial charge in [-0.25, -0.2) is 13.4 Å². The quantitative estimate of drug-likeness (QED) is 0.298. The largest absolute Gasteiger partial charge is 0.492 e. The maximum absolute atomic E-state index is 13.0. The van der Waals surface area contributed by atoms with E-state index in [1.807, 2.05) is 0 Å². The number of carbonyl (C=O) groups excluding carboxylic acids is 1. The lowest BCUT2D eigenvalue weighted by atomic mass is 10.2. The molecule has 0 fully saturated rings. The molecular weight excluding hydrogens is 531 g/mol. The number of nitrogens with one attached hydrogen (secondary N) is 1. The zero-order valence-electron chi connectivity index (χ0n) is 21.0. The van der Waals surface area contributed by atoms with Gasteiger partial charge >= 0.3 is 7.60 Å². The van der Waals surface area contributed by atoms with Gasteiger partial charge in [0.15, 0.2) is 15.0 Å². The molecule has 2 aromatic rings.